The van der Waals surface area contributed by atoms with E-state index in [1.54, 1.807) is 0 Å². The van der Waals surface area contributed by atoms with Gasteiger partial charge in [0.15, 0.2) is 0 Å². The maximum Gasteiger partial charge on any atom is 0.472 e. The van der Waals surface area contributed by atoms with E-state index in [2.05, 4.69) is 11.4 Å². The monoisotopic (exact) mass is 760 g/mol. The molecule has 1 rings (SSSR count). The molecule has 0 amide bonds. The molecule has 21 heteroatoms. The molecule has 286 valence electrons. The maximum atomic E-state index is 12.7. The number of aliphatic hydroxyl groups is 4. The molecule has 1 aliphatic carbocycles. The number of phosphoric acid groups is 2. The van der Waals surface area contributed by atoms with Gasteiger partial charge >= 0.3 is 29.2 Å². The van der Waals surface area contributed by atoms with Crippen molar-refractivity contribution in [1.82, 2.24) is 0 Å². The van der Waals surface area contributed by atoms with Gasteiger partial charge in [0.05, 0.1) is 25.5 Å². The van der Waals surface area contributed by atoms with Crippen molar-refractivity contribution in [3.63, 3.8) is 0 Å². The molecule has 0 spiro atoms. The minimum absolute atomic E-state index is 0.0375. The fraction of sp³-hybridized carbons (Fsp3) is 0.963. The number of aliphatic hydroxyl groups excluding tert-OH is 4. The molecule has 4 unspecified atom stereocenters. The Labute approximate surface area is 281 Å². The molecule has 0 aromatic rings. The van der Waals surface area contributed by atoms with E-state index in [9.17, 15) is 58.3 Å². The van der Waals surface area contributed by atoms with E-state index in [1.165, 1.54) is 51.4 Å². The molecule has 0 bridgehead atoms. The van der Waals surface area contributed by atoms with Gasteiger partial charge in [-0.1, -0.05) is 84.0 Å². The molecule has 0 aliphatic heterocycles. The second-order valence-electron chi connectivity index (χ2n) is 12.0. The van der Waals surface area contributed by atoms with E-state index >= 15 is 0 Å². The molecule has 18 nitrogen and oxygen atoms in total. The lowest BCUT2D eigenvalue weighted by molar-refractivity contribution is -0.193. The number of esters is 1. The molecule has 0 heterocycles. The van der Waals surface area contributed by atoms with E-state index < -0.39 is 97.9 Å². The Morgan fingerprint density at radius 3 is 1.69 bits per heavy atom. The summed E-state index contributed by atoms with van der Waals surface area (Å²) < 4.78 is 59.7. The van der Waals surface area contributed by atoms with Gasteiger partial charge in [-0.15, -0.1) is 0 Å². The van der Waals surface area contributed by atoms with Crippen molar-refractivity contribution in [3.8, 4) is 0 Å². The molecule has 0 aromatic heterocycles. The first-order chi connectivity index (χ1) is 22.4. The van der Waals surface area contributed by atoms with E-state index in [0.717, 1.165) is 25.7 Å². The second-order valence-corrected chi connectivity index (χ2v) is 16.3. The molecule has 1 saturated carbocycles. The van der Waals surface area contributed by atoms with Crippen LogP contribution in [-0.2, 0) is 41.5 Å². The van der Waals surface area contributed by atoms with Gasteiger partial charge in [0.1, 0.15) is 37.3 Å². The zero-order valence-corrected chi connectivity index (χ0v) is 30.0. The summed E-state index contributed by atoms with van der Waals surface area (Å²) in [5.74, 6) is -2.62. The van der Waals surface area contributed by atoms with Crippen LogP contribution in [0.4, 0.5) is 0 Å². The first-order valence-corrected chi connectivity index (χ1v) is 21.1. The van der Waals surface area contributed by atoms with Crippen LogP contribution >= 0.6 is 23.2 Å². The van der Waals surface area contributed by atoms with Gasteiger partial charge in [-0.05, 0) is 6.42 Å². The highest BCUT2D eigenvalue weighted by molar-refractivity contribution is 7.51. The maximum absolute atomic E-state index is 12.7. The number of hydrogen-bond acceptors (Lipinski definition) is 13. The van der Waals surface area contributed by atoms with E-state index in [0.29, 0.717) is 6.42 Å². The Balaban J connectivity index is 2.61. The summed E-state index contributed by atoms with van der Waals surface area (Å²) in [7, 11) is -15.8. The van der Waals surface area contributed by atoms with Crippen molar-refractivity contribution in [2.24, 2.45) is 5.92 Å². The van der Waals surface area contributed by atoms with Crippen molar-refractivity contribution < 1.29 is 86.4 Å². The van der Waals surface area contributed by atoms with Crippen LogP contribution in [0.15, 0.2) is 0 Å². The van der Waals surface area contributed by atoms with Gasteiger partial charge in [-0.25, -0.2) is 9.13 Å². The predicted molar refractivity (Wildman–Crippen MR) is 169 cm³/mol. The predicted octanol–water partition coefficient (Wildman–Crippen LogP) is 2.22. The average Bonchev–Trinajstić information content (AvgIpc) is 2.98. The number of carbonyl (C=O) groups is 1. The molecule has 0 aromatic carbocycles. The van der Waals surface area contributed by atoms with Crippen molar-refractivity contribution in [2.75, 3.05) is 26.2 Å². The molecular weight excluding hydrogens is 705 g/mol. The molecule has 0 saturated heterocycles. The van der Waals surface area contributed by atoms with Crippen molar-refractivity contribution >= 4 is 29.2 Å². The topological polar surface area (TPSA) is 296 Å². The third-order valence-electron chi connectivity index (χ3n) is 7.78. The van der Waals surface area contributed by atoms with Crippen LogP contribution in [0.1, 0.15) is 96.8 Å². The van der Waals surface area contributed by atoms with Crippen LogP contribution in [0.3, 0.4) is 0 Å². The molecule has 8 atom stereocenters. The van der Waals surface area contributed by atoms with Gasteiger partial charge in [0, 0.05) is 12.3 Å². The molecule has 1 fully saturated rings. The van der Waals surface area contributed by atoms with Crippen LogP contribution in [0.2, 0.25) is 0 Å². The van der Waals surface area contributed by atoms with Gasteiger partial charge in [-0.2, -0.15) is 0 Å². The summed E-state index contributed by atoms with van der Waals surface area (Å²) in [6, 6.07) is 0. The van der Waals surface area contributed by atoms with E-state index in [4.69, 9.17) is 23.6 Å². The lowest BCUT2D eigenvalue weighted by Crippen LogP contribution is -2.62. The smallest absolute Gasteiger partial charge is 0.457 e. The molecular formula is C27H55O18P3. The zero-order valence-electron chi connectivity index (χ0n) is 27.3. The third-order valence-corrected chi connectivity index (χ3v) is 10.2. The Morgan fingerprint density at radius 2 is 1.21 bits per heavy atom. The Bertz CT molecular complexity index is 1040. The fourth-order valence-electron chi connectivity index (χ4n) is 5.39. The summed E-state index contributed by atoms with van der Waals surface area (Å²) in [5, 5.41) is 40.5. The van der Waals surface area contributed by atoms with Gasteiger partial charge < -0.3 is 54.4 Å². The average molecular weight is 761 g/mol. The van der Waals surface area contributed by atoms with Gasteiger partial charge in [0.25, 0.3) is 0 Å². The van der Waals surface area contributed by atoms with Gasteiger partial charge in [0.2, 0.25) is 0 Å². The quantitative estimate of drug-likeness (QED) is 0.0251. The first kappa shape index (κ1) is 45.7. The lowest BCUT2D eigenvalue weighted by Gasteiger charge is -2.45. The largest absolute Gasteiger partial charge is 0.472 e. The highest BCUT2D eigenvalue weighted by Gasteiger charge is 2.55. The Kier molecular flexibility index (Phi) is 22.1. The van der Waals surface area contributed by atoms with Crippen molar-refractivity contribution in [2.45, 2.75) is 133 Å². The number of ether oxygens (including phenoxy) is 2. The standard InChI is InChI=1S/C27H55O18P3/c1-2-3-4-5-6-7-8-9-10-11-12-13-14-15-22(29)43-20(16-41-19-28)17-42-48(39,40)45-27-24(31)23(30)21(18-46(33,34)35)26(25(27)32)44-47(36,37)38/h20-21,23-28,30-32H,2-19H2,1H3,(H,39,40)(H2,33,34,35)(H2,36,37,38)/t20-,21-,23?,24+,25?,26-,27?/m1/s1. The SMILES string of the molecule is CCCCCCCCCCCCCCCC(=O)O[C@H](COCO)COP(=O)(O)OC1C(O)[C@H](OP(=O)(O)O)[C@H](CP(=O)(O)O)C(O)[C@@H]1O. The number of rotatable bonds is 27. The van der Waals surface area contributed by atoms with Crippen molar-refractivity contribution in [1.29, 1.82) is 0 Å². The molecule has 0 radical (unpaired) electrons. The number of unbranched alkanes of at least 4 members (excludes halogenated alkanes) is 12. The highest BCUT2D eigenvalue weighted by Crippen LogP contribution is 2.51. The number of hydrogen-bond donors (Lipinski definition) is 9. The zero-order chi connectivity index (χ0) is 36.4. The molecule has 9 N–H and O–H groups in total. The summed E-state index contributed by atoms with van der Waals surface area (Å²) >= 11 is 0. The third kappa shape index (κ3) is 19.9. The van der Waals surface area contributed by atoms with Crippen molar-refractivity contribution in [3.05, 3.63) is 0 Å². The first-order valence-electron chi connectivity index (χ1n) is 16.3. The summed E-state index contributed by atoms with van der Waals surface area (Å²) in [6.45, 7) is 0.109. The van der Waals surface area contributed by atoms with Gasteiger partial charge in [-0.3, -0.25) is 22.9 Å². The Morgan fingerprint density at radius 1 is 0.688 bits per heavy atom. The normalized spacial score (nSPS) is 25.5. The summed E-state index contributed by atoms with van der Waals surface area (Å²) in [4.78, 5) is 59.7. The van der Waals surface area contributed by atoms with Crippen LogP contribution < -0.4 is 0 Å². The second kappa shape index (κ2) is 23.3. The Hall–Kier alpha value is -0.360. The lowest BCUT2D eigenvalue weighted by atomic mass is 9.79. The van der Waals surface area contributed by atoms with Crippen LogP contribution in [0.5, 0.6) is 0 Å². The minimum Gasteiger partial charge on any atom is -0.457 e. The summed E-state index contributed by atoms with van der Waals surface area (Å²) in [5.41, 5.74) is 0. The highest BCUT2D eigenvalue weighted by atomic mass is 31.2. The molecule has 1 aliphatic rings. The van der Waals surface area contributed by atoms with E-state index in [-0.39, 0.29) is 6.42 Å². The number of carbonyl (C=O) groups excluding carboxylic acids is 1. The van der Waals surface area contributed by atoms with Crippen LogP contribution in [0, 0.1) is 5.92 Å². The minimum atomic E-state index is -5.48. The van der Waals surface area contributed by atoms with E-state index in [1.807, 2.05) is 0 Å². The number of phosphoric ester groups is 2. The summed E-state index contributed by atoms with van der Waals surface area (Å²) in [6.07, 6.45) is 0.351. The van der Waals surface area contributed by atoms with Crippen LogP contribution in [0.25, 0.3) is 0 Å². The van der Waals surface area contributed by atoms with Crippen LogP contribution in [-0.4, -0.2) is 114 Å². The molecule has 48 heavy (non-hydrogen) atoms. The fourth-order valence-corrected chi connectivity index (χ4v) is 7.93.